The number of benzene rings is 1. The van der Waals surface area contributed by atoms with Gasteiger partial charge in [-0.1, -0.05) is 23.9 Å². The molecule has 7 heteroatoms. The number of aliphatic imine (C=N–C) groups is 1. The SMILES string of the molecule is COC[C@@H](C)N=C(N)SCc1ccc([N+](=O)[O-])cc1. The third kappa shape index (κ3) is 5.71. The van der Waals surface area contributed by atoms with Crippen LogP contribution in [0.3, 0.4) is 0 Å². The highest BCUT2D eigenvalue weighted by molar-refractivity contribution is 8.13. The summed E-state index contributed by atoms with van der Waals surface area (Å²) in [6, 6.07) is 6.43. The molecule has 1 atom stereocenters. The smallest absolute Gasteiger partial charge is 0.269 e. The van der Waals surface area contributed by atoms with Crippen LogP contribution >= 0.6 is 11.8 Å². The summed E-state index contributed by atoms with van der Waals surface area (Å²) >= 11 is 1.40. The zero-order valence-corrected chi connectivity index (χ0v) is 11.7. The molecule has 1 aromatic carbocycles. The van der Waals surface area contributed by atoms with Gasteiger partial charge in [0.25, 0.3) is 5.69 Å². The second kappa shape index (κ2) is 7.75. The number of nitro benzene ring substituents is 1. The summed E-state index contributed by atoms with van der Waals surface area (Å²) in [5.74, 6) is 0.632. The van der Waals surface area contributed by atoms with E-state index in [1.54, 1.807) is 19.2 Å². The van der Waals surface area contributed by atoms with Crippen LogP contribution < -0.4 is 5.73 Å². The Labute approximate surface area is 116 Å². The van der Waals surface area contributed by atoms with Crippen LogP contribution in [-0.4, -0.2) is 29.8 Å². The van der Waals surface area contributed by atoms with Crippen LogP contribution in [0, 0.1) is 10.1 Å². The summed E-state index contributed by atoms with van der Waals surface area (Å²) < 4.78 is 4.97. The Kier molecular flexibility index (Phi) is 6.31. The summed E-state index contributed by atoms with van der Waals surface area (Å²) in [6.45, 7) is 2.45. The molecule has 0 fully saturated rings. The quantitative estimate of drug-likeness (QED) is 0.374. The summed E-state index contributed by atoms with van der Waals surface area (Å²) in [4.78, 5) is 14.3. The molecular weight excluding hydrogens is 266 g/mol. The number of nitrogens with two attached hydrogens (primary N) is 1. The van der Waals surface area contributed by atoms with Gasteiger partial charge in [-0.2, -0.15) is 0 Å². The van der Waals surface area contributed by atoms with Crippen LogP contribution in [0.25, 0.3) is 0 Å². The molecule has 0 radical (unpaired) electrons. The number of ether oxygens (including phenoxy) is 1. The largest absolute Gasteiger partial charge is 0.382 e. The first kappa shape index (κ1) is 15.5. The van der Waals surface area contributed by atoms with Crippen LogP contribution in [0.5, 0.6) is 0 Å². The second-order valence-corrected chi connectivity index (χ2v) is 4.98. The maximum Gasteiger partial charge on any atom is 0.269 e. The average molecular weight is 283 g/mol. The second-order valence-electron chi connectivity index (χ2n) is 3.98. The van der Waals surface area contributed by atoms with E-state index in [-0.39, 0.29) is 11.7 Å². The monoisotopic (exact) mass is 283 g/mol. The molecule has 0 aliphatic carbocycles. The van der Waals surface area contributed by atoms with Gasteiger partial charge in [-0.05, 0) is 12.5 Å². The Bertz CT molecular complexity index is 448. The van der Waals surface area contributed by atoms with E-state index in [2.05, 4.69) is 4.99 Å². The summed E-state index contributed by atoms with van der Waals surface area (Å²) in [6.07, 6.45) is 0. The van der Waals surface area contributed by atoms with Crippen LogP contribution in [0.1, 0.15) is 12.5 Å². The minimum absolute atomic E-state index is 0.0226. The minimum Gasteiger partial charge on any atom is -0.382 e. The molecule has 0 aromatic heterocycles. The molecule has 19 heavy (non-hydrogen) atoms. The molecule has 0 aliphatic rings. The fourth-order valence-electron chi connectivity index (χ4n) is 1.40. The molecule has 104 valence electrons. The topological polar surface area (TPSA) is 90.8 Å². The molecule has 1 aromatic rings. The average Bonchev–Trinajstić information content (AvgIpc) is 2.37. The number of thioether (sulfide) groups is 1. The third-order valence-electron chi connectivity index (χ3n) is 2.29. The van der Waals surface area contributed by atoms with Gasteiger partial charge in [0, 0.05) is 25.0 Å². The summed E-state index contributed by atoms with van der Waals surface area (Å²) in [7, 11) is 1.62. The molecule has 0 aliphatic heterocycles. The van der Waals surface area contributed by atoms with Crippen molar-refractivity contribution in [2.75, 3.05) is 13.7 Å². The normalized spacial score (nSPS) is 13.3. The highest BCUT2D eigenvalue weighted by atomic mass is 32.2. The first-order valence-corrected chi connectivity index (χ1v) is 6.70. The van der Waals surface area contributed by atoms with Crippen molar-refractivity contribution in [3.8, 4) is 0 Å². The Morgan fingerprint density at radius 2 is 2.16 bits per heavy atom. The zero-order valence-electron chi connectivity index (χ0n) is 10.9. The Morgan fingerprint density at radius 3 is 2.68 bits per heavy atom. The molecule has 1 rings (SSSR count). The standard InChI is InChI=1S/C12H17N3O3S/c1-9(7-18-2)14-12(13)19-8-10-3-5-11(6-4-10)15(16)17/h3-6,9H,7-8H2,1-2H3,(H2,13,14)/t9-/m1/s1. The lowest BCUT2D eigenvalue weighted by molar-refractivity contribution is -0.384. The first-order valence-electron chi connectivity index (χ1n) is 5.71. The number of hydrogen-bond donors (Lipinski definition) is 1. The fourth-order valence-corrected chi connectivity index (χ4v) is 2.17. The molecule has 0 unspecified atom stereocenters. The molecule has 0 saturated heterocycles. The highest BCUT2D eigenvalue weighted by Gasteiger charge is 2.05. The minimum atomic E-state index is -0.417. The van der Waals surface area contributed by atoms with Gasteiger partial charge in [0.1, 0.15) is 0 Å². The molecule has 2 N–H and O–H groups in total. The third-order valence-corrected chi connectivity index (χ3v) is 3.17. The van der Waals surface area contributed by atoms with Gasteiger partial charge in [-0.25, -0.2) is 0 Å². The van der Waals surface area contributed by atoms with Gasteiger partial charge >= 0.3 is 0 Å². The van der Waals surface area contributed by atoms with Gasteiger partial charge in [-0.3, -0.25) is 15.1 Å². The van der Waals surface area contributed by atoms with E-state index < -0.39 is 4.92 Å². The fraction of sp³-hybridized carbons (Fsp3) is 0.417. The van der Waals surface area contributed by atoms with Crippen LogP contribution in [0.2, 0.25) is 0 Å². The number of amidine groups is 1. The van der Waals surface area contributed by atoms with Gasteiger partial charge in [-0.15, -0.1) is 0 Å². The van der Waals surface area contributed by atoms with Gasteiger partial charge in [0.15, 0.2) is 5.17 Å². The number of nitrogens with zero attached hydrogens (tertiary/aromatic N) is 2. The maximum absolute atomic E-state index is 10.5. The van der Waals surface area contributed by atoms with E-state index >= 15 is 0 Å². The van der Waals surface area contributed by atoms with E-state index in [9.17, 15) is 10.1 Å². The van der Waals surface area contributed by atoms with Crippen molar-refractivity contribution in [1.82, 2.24) is 0 Å². The van der Waals surface area contributed by atoms with E-state index in [0.717, 1.165) is 5.56 Å². The van der Waals surface area contributed by atoms with Crippen molar-refractivity contribution in [3.63, 3.8) is 0 Å². The van der Waals surface area contributed by atoms with Crippen LogP contribution in [0.4, 0.5) is 5.69 Å². The van der Waals surface area contributed by atoms with E-state index in [0.29, 0.717) is 17.5 Å². The lowest BCUT2D eigenvalue weighted by Crippen LogP contribution is -2.15. The Balaban J connectivity index is 2.50. The molecule has 0 amide bonds. The van der Waals surface area contributed by atoms with E-state index in [4.69, 9.17) is 10.5 Å². The van der Waals surface area contributed by atoms with Crippen molar-refractivity contribution in [2.24, 2.45) is 10.7 Å². The predicted octanol–water partition coefficient (Wildman–Crippen LogP) is 2.18. The van der Waals surface area contributed by atoms with Crippen LogP contribution in [0.15, 0.2) is 29.3 Å². The predicted molar refractivity (Wildman–Crippen MR) is 77.4 cm³/mol. The molecule has 0 saturated carbocycles. The summed E-state index contributed by atoms with van der Waals surface area (Å²) in [5.41, 5.74) is 6.83. The summed E-state index contributed by atoms with van der Waals surface area (Å²) in [5, 5.41) is 11.0. The Morgan fingerprint density at radius 1 is 1.53 bits per heavy atom. The number of non-ortho nitro benzene ring substituents is 1. The van der Waals surface area contributed by atoms with Gasteiger partial charge in [0.2, 0.25) is 0 Å². The highest BCUT2D eigenvalue weighted by Crippen LogP contribution is 2.17. The number of nitro groups is 1. The van der Waals surface area contributed by atoms with Crippen molar-refractivity contribution in [1.29, 1.82) is 0 Å². The molecule has 0 bridgehead atoms. The lowest BCUT2D eigenvalue weighted by atomic mass is 10.2. The zero-order chi connectivity index (χ0) is 14.3. The molecule has 6 nitrogen and oxygen atoms in total. The van der Waals surface area contributed by atoms with Crippen LogP contribution in [-0.2, 0) is 10.5 Å². The molecular formula is C12H17N3O3S. The first-order chi connectivity index (χ1) is 9.02. The van der Waals surface area contributed by atoms with E-state index in [1.165, 1.54) is 23.9 Å². The number of hydrogen-bond acceptors (Lipinski definition) is 5. The van der Waals surface area contributed by atoms with Gasteiger partial charge < -0.3 is 10.5 Å². The van der Waals surface area contributed by atoms with Crippen molar-refractivity contribution >= 4 is 22.6 Å². The van der Waals surface area contributed by atoms with E-state index in [1.807, 2.05) is 6.92 Å². The number of methoxy groups -OCH3 is 1. The number of rotatable bonds is 6. The molecule has 0 heterocycles. The van der Waals surface area contributed by atoms with Gasteiger partial charge in [0.05, 0.1) is 17.6 Å². The maximum atomic E-state index is 10.5. The van der Waals surface area contributed by atoms with Crippen molar-refractivity contribution in [3.05, 3.63) is 39.9 Å². The Hall–Kier alpha value is -1.60. The van der Waals surface area contributed by atoms with Crippen molar-refractivity contribution in [2.45, 2.75) is 18.7 Å². The molecule has 0 spiro atoms. The van der Waals surface area contributed by atoms with Crippen molar-refractivity contribution < 1.29 is 9.66 Å². The lowest BCUT2D eigenvalue weighted by Gasteiger charge is -2.06.